The lowest BCUT2D eigenvalue weighted by Crippen LogP contribution is -2.23. The van der Waals surface area contributed by atoms with Crippen LogP contribution >= 0.6 is 0 Å². The van der Waals surface area contributed by atoms with Gasteiger partial charge in [-0.1, -0.05) is 0 Å². The number of nitrogens with zero attached hydrogens (tertiary/aromatic N) is 2. The minimum atomic E-state index is -0.850. The number of amides is 1. The average Bonchev–Trinajstić information content (AvgIpc) is 2.35. The van der Waals surface area contributed by atoms with Gasteiger partial charge in [-0.15, -0.1) is 0 Å². The Balaban J connectivity index is 2.76. The van der Waals surface area contributed by atoms with E-state index in [1.807, 2.05) is 0 Å². The van der Waals surface area contributed by atoms with Crippen molar-refractivity contribution in [1.82, 2.24) is 10.3 Å². The number of carbonyl (C=O) groups excluding carboxylic acids is 1. The predicted octanol–water partition coefficient (Wildman–Crippen LogP) is 0.352. The van der Waals surface area contributed by atoms with E-state index < -0.39 is 5.97 Å². The molecule has 1 rings (SSSR count). The Labute approximate surface area is 99.3 Å². The van der Waals surface area contributed by atoms with Crippen molar-refractivity contribution >= 4 is 17.6 Å². The normalized spacial score (nSPS) is 9.76. The fraction of sp³-hybridized carbons (Fsp3) is 0.364. The summed E-state index contributed by atoms with van der Waals surface area (Å²) in [5.41, 5.74) is 1.08. The zero-order valence-electron chi connectivity index (χ0n) is 9.80. The van der Waals surface area contributed by atoms with Gasteiger partial charge in [0.05, 0.1) is 6.42 Å². The Hall–Kier alpha value is -2.11. The minimum Gasteiger partial charge on any atom is -0.481 e. The largest absolute Gasteiger partial charge is 0.481 e. The lowest BCUT2D eigenvalue weighted by atomic mass is 10.2. The lowest BCUT2D eigenvalue weighted by molar-refractivity contribution is -0.136. The van der Waals surface area contributed by atoms with Crippen LogP contribution in [-0.4, -0.2) is 42.6 Å². The minimum absolute atomic E-state index is 0.0497. The van der Waals surface area contributed by atoms with Crippen LogP contribution < -0.4 is 10.2 Å². The smallest absolute Gasteiger partial charge is 0.305 e. The van der Waals surface area contributed by atoms with Crippen LogP contribution in [0.5, 0.6) is 0 Å². The second-order valence-corrected chi connectivity index (χ2v) is 3.54. The van der Waals surface area contributed by atoms with E-state index >= 15 is 0 Å². The summed E-state index contributed by atoms with van der Waals surface area (Å²) in [6.45, 7) is 0.381. The number of aromatic nitrogens is 1. The molecule has 0 aliphatic carbocycles. The van der Waals surface area contributed by atoms with Gasteiger partial charge in [0.1, 0.15) is 5.69 Å². The van der Waals surface area contributed by atoms with Crippen molar-refractivity contribution in [1.29, 1.82) is 0 Å². The zero-order valence-corrected chi connectivity index (χ0v) is 9.80. The number of anilines is 1. The van der Waals surface area contributed by atoms with Gasteiger partial charge in [-0.2, -0.15) is 0 Å². The zero-order chi connectivity index (χ0) is 12.8. The van der Waals surface area contributed by atoms with E-state index in [2.05, 4.69) is 10.3 Å². The Morgan fingerprint density at radius 3 is 2.82 bits per heavy atom. The van der Waals surface area contributed by atoms with E-state index in [1.54, 1.807) is 24.1 Å². The third-order valence-corrected chi connectivity index (χ3v) is 2.31. The molecule has 6 nitrogen and oxygen atoms in total. The molecule has 0 radical (unpaired) electrons. The van der Waals surface area contributed by atoms with Gasteiger partial charge in [-0.3, -0.25) is 14.6 Å². The van der Waals surface area contributed by atoms with Crippen molar-refractivity contribution in [3.63, 3.8) is 0 Å². The Morgan fingerprint density at radius 1 is 1.53 bits per heavy atom. The van der Waals surface area contributed by atoms with Crippen LogP contribution in [-0.2, 0) is 4.79 Å². The summed E-state index contributed by atoms with van der Waals surface area (Å²) in [4.78, 5) is 27.5. The van der Waals surface area contributed by atoms with Crippen molar-refractivity contribution in [3.8, 4) is 0 Å². The van der Waals surface area contributed by atoms with Gasteiger partial charge in [0.15, 0.2) is 0 Å². The first-order valence-electron chi connectivity index (χ1n) is 5.15. The Bertz CT molecular complexity index is 420. The lowest BCUT2D eigenvalue weighted by Gasteiger charge is -2.18. The van der Waals surface area contributed by atoms with Gasteiger partial charge >= 0.3 is 5.97 Å². The number of hydrogen-bond acceptors (Lipinski definition) is 4. The van der Waals surface area contributed by atoms with Crippen LogP contribution in [0, 0.1) is 0 Å². The maximum atomic E-state index is 11.4. The number of aliphatic carboxylic acids is 1. The van der Waals surface area contributed by atoms with Gasteiger partial charge < -0.3 is 15.3 Å². The highest BCUT2D eigenvalue weighted by Gasteiger charge is 2.08. The van der Waals surface area contributed by atoms with E-state index in [-0.39, 0.29) is 12.3 Å². The summed E-state index contributed by atoms with van der Waals surface area (Å²) < 4.78 is 0. The standard InChI is InChI=1S/C11H15N3O3/c1-12-11(17)9-7-8(3-5-13-9)14(2)6-4-10(15)16/h3,5,7H,4,6H2,1-2H3,(H,12,17)(H,15,16). The molecule has 0 saturated heterocycles. The molecule has 2 N–H and O–H groups in total. The fourth-order valence-electron chi connectivity index (χ4n) is 1.30. The van der Waals surface area contributed by atoms with E-state index in [4.69, 9.17) is 5.11 Å². The molecule has 1 heterocycles. The van der Waals surface area contributed by atoms with Crippen LogP contribution in [0.4, 0.5) is 5.69 Å². The summed E-state index contributed by atoms with van der Waals surface area (Å²) in [5, 5.41) is 11.1. The molecule has 0 spiro atoms. The van der Waals surface area contributed by atoms with Crippen LogP contribution in [0.2, 0.25) is 0 Å². The number of nitrogens with one attached hydrogen (secondary N) is 1. The quantitative estimate of drug-likeness (QED) is 0.772. The van der Waals surface area contributed by atoms with Crippen LogP contribution in [0.3, 0.4) is 0 Å². The summed E-state index contributed by atoms with van der Waals surface area (Å²) in [6, 6.07) is 3.36. The molecule has 6 heteroatoms. The Morgan fingerprint density at radius 2 is 2.24 bits per heavy atom. The molecule has 92 valence electrons. The van der Waals surface area contributed by atoms with Gasteiger partial charge in [0.25, 0.3) is 5.91 Å². The monoisotopic (exact) mass is 237 g/mol. The van der Waals surface area contributed by atoms with E-state index in [1.165, 1.54) is 13.2 Å². The SMILES string of the molecule is CNC(=O)c1cc(N(C)CCC(=O)O)ccn1. The molecular formula is C11H15N3O3. The first-order chi connectivity index (χ1) is 8.04. The van der Waals surface area contributed by atoms with E-state index in [0.717, 1.165) is 5.69 Å². The third kappa shape index (κ3) is 3.75. The molecule has 1 aromatic heterocycles. The topological polar surface area (TPSA) is 82.5 Å². The van der Waals surface area contributed by atoms with Gasteiger partial charge in [-0.25, -0.2) is 0 Å². The maximum Gasteiger partial charge on any atom is 0.305 e. The van der Waals surface area contributed by atoms with Crippen molar-refractivity contribution < 1.29 is 14.7 Å². The number of rotatable bonds is 5. The molecule has 0 unspecified atom stereocenters. The summed E-state index contributed by atoms with van der Waals surface area (Å²) in [7, 11) is 3.30. The van der Waals surface area contributed by atoms with Gasteiger partial charge in [0.2, 0.25) is 0 Å². The number of carboxylic acids is 1. The number of pyridine rings is 1. The van der Waals surface area contributed by atoms with Crippen LogP contribution in [0.1, 0.15) is 16.9 Å². The third-order valence-electron chi connectivity index (χ3n) is 2.31. The number of hydrogen-bond donors (Lipinski definition) is 2. The summed E-state index contributed by atoms with van der Waals surface area (Å²) in [5.74, 6) is -1.11. The number of carboxylic acid groups (broad SMARTS) is 1. The van der Waals surface area contributed by atoms with E-state index in [9.17, 15) is 9.59 Å². The van der Waals surface area contributed by atoms with Crippen LogP contribution in [0.25, 0.3) is 0 Å². The van der Waals surface area contributed by atoms with Gasteiger partial charge in [0, 0.05) is 32.5 Å². The van der Waals surface area contributed by atoms with Gasteiger partial charge in [-0.05, 0) is 12.1 Å². The summed E-state index contributed by atoms with van der Waals surface area (Å²) >= 11 is 0. The van der Waals surface area contributed by atoms with Crippen molar-refractivity contribution in [3.05, 3.63) is 24.0 Å². The highest BCUT2D eigenvalue weighted by Crippen LogP contribution is 2.13. The Kier molecular flexibility index (Phi) is 4.45. The predicted molar refractivity (Wildman–Crippen MR) is 63.2 cm³/mol. The van der Waals surface area contributed by atoms with Crippen LogP contribution in [0.15, 0.2) is 18.3 Å². The highest BCUT2D eigenvalue weighted by atomic mass is 16.4. The molecule has 1 amide bonds. The first-order valence-corrected chi connectivity index (χ1v) is 5.15. The molecule has 0 saturated carbocycles. The van der Waals surface area contributed by atoms with Crippen molar-refractivity contribution in [2.24, 2.45) is 0 Å². The second kappa shape index (κ2) is 5.83. The maximum absolute atomic E-state index is 11.4. The molecule has 0 fully saturated rings. The highest BCUT2D eigenvalue weighted by molar-refractivity contribution is 5.92. The van der Waals surface area contributed by atoms with Crippen molar-refractivity contribution in [2.75, 3.05) is 25.5 Å². The molecule has 17 heavy (non-hydrogen) atoms. The molecule has 0 bridgehead atoms. The second-order valence-electron chi connectivity index (χ2n) is 3.54. The van der Waals surface area contributed by atoms with Crippen molar-refractivity contribution in [2.45, 2.75) is 6.42 Å². The molecule has 0 atom stereocenters. The summed E-state index contributed by atoms with van der Waals surface area (Å²) in [6.07, 6.45) is 1.57. The molecule has 0 aliphatic rings. The first kappa shape index (κ1) is 13.0. The number of carbonyl (C=O) groups is 2. The average molecular weight is 237 g/mol. The molecule has 0 aromatic carbocycles. The molecule has 0 aliphatic heterocycles. The molecule has 1 aromatic rings. The molecular weight excluding hydrogens is 222 g/mol. The fourth-order valence-corrected chi connectivity index (χ4v) is 1.30. The van der Waals surface area contributed by atoms with E-state index in [0.29, 0.717) is 12.2 Å².